The largest absolute Gasteiger partial charge is 0.381 e. The lowest BCUT2D eigenvalue weighted by molar-refractivity contribution is -0.139. The second-order valence-electron chi connectivity index (χ2n) is 11.8. The predicted octanol–water partition coefficient (Wildman–Crippen LogP) is 4.46. The zero-order valence-electron chi connectivity index (χ0n) is 20.3. The van der Waals surface area contributed by atoms with Gasteiger partial charge in [0.05, 0.1) is 0 Å². The van der Waals surface area contributed by atoms with E-state index >= 15 is 0 Å². The van der Waals surface area contributed by atoms with Crippen molar-refractivity contribution in [3.05, 3.63) is 68.9 Å². The van der Waals surface area contributed by atoms with Crippen molar-refractivity contribution in [3.63, 3.8) is 0 Å². The van der Waals surface area contributed by atoms with Crippen LogP contribution in [0.2, 0.25) is 0 Å². The number of rotatable bonds is 2. The summed E-state index contributed by atoms with van der Waals surface area (Å²) >= 11 is 0. The Morgan fingerprint density at radius 1 is 0.727 bits per heavy atom. The van der Waals surface area contributed by atoms with Gasteiger partial charge in [-0.15, -0.1) is 0 Å². The predicted molar refractivity (Wildman–Crippen MR) is 126 cm³/mol. The van der Waals surface area contributed by atoms with Gasteiger partial charge >= 0.3 is 0 Å². The third kappa shape index (κ3) is 2.20. The minimum Gasteiger partial charge on any atom is -0.381 e. The van der Waals surface area contributed by atoms with E-state index in [4.69, 9.17) is 0 Å². The summed E-state index contributed by atoms with van der Waals surface area (Å²) in [5.74, 6) is -0.0382. The average Bonchev–Trinajstić information content (AvgIpc) is 3.56. The van der Waals surface area contributed by atoms with Gasteiger partial charge in [-0.25, -0.2) is 0 Å². The molecule has 4 heteroatoms. The zero-order valence-corrected chi connectivity index (χ0v) is 20.3. The van der Waals surface area contributed by atoms with Crippen LogP contribution in [0.25, 0.3) is 0 Å². The molecule has 172 valence electrons. The molecule has 4 nitrogen and oxygen atoms in total. The number of carbonyl (C=O) groups is 2. The molecule has 0 unspecified atom stereocenters. The lowest BCUT2D eigenvalue weighted by Gasteiger charge is -2.41. The summed E-state index contributed by atoms with van der Waals surface area (Å²) < 4.78 is 0. The van der Waals surface area contributed by atoms with Crippen LogP contribution in [-0.2, 0) is 9.59 Å². The lowest BCUT2D eigenvalue weighted by atomic mass is 9.65. The summed E-state index contributed by atoms with van der Waals surface area (Å²) in [5.41, 5.74) is 3.57. The van der Waals surface area contributed by atoms with Gasteiger partial charge in [0.25, 0.3) is 0 Å². The van der Waals surface area contributed by atoms with Gasteiger partial charge in [0.15, 0.2) is 11.6 Å². The van der Waals surface area contributed by atoms with Crippen LogP contribution >= 0.6 is 0 Å². The van der Waals surface area contributed by atoms with Gasteiger partial charge in [0.2, 0.25) is 0 Å². The van der Waals surface area contributed by atoms with Gasteiger partial charge in [-0.05, 0) is 107 Å². The van der Waals surface area contributed by atoms with Gasteiger partial charge in [-0.2, -0.15) is 0 Å². The van der Waals surface area contributed by atoms with Crippen molar-refractivity contribution in [1.82, 2.24) is 0 Å². The molecule has 0 bridgehead atoms. The number of Topliss-reactive ketones (excluding diaryl/α,β-unsaturated/α-hetero) is 2. The van der Waals surface area contributed by atoms with Crippen molar-refractivity contribution in [2.75, 3.05) is 0 Å². The molecule has 2 saturated carbocycles. The number of carbonyl (C=O) groups excluding carboxylic acids is 2. The fourth-order valence-electron chi connectivity index (χ4n) is 8.12. The molecule has 6 aliphatic carbocycles. The van der Waals surface area contributed by atoms with Crippen molar-refractivity contribution in [3.8, 4) is 0 Å². The van der Waals surface area contributed by atoms with Crippen molar-refractivity contribution in [2.45, 2.75) is 72.0 Å². The maximum Gasteiger partial charge on any atom is 0.195 e. The SMILES string of the molecule is CC1=CC2=C(C)[C@]3(C[C@H]3C[C@@H]3C[C@]34C(C)=C3C=C(C)C=C3C(=O)[C@]4(C)O)[C@@](C)(O)C(=O)C2=C1. The van der Waals surface area contributed by atoms with Gasteiger partial charge in [-0.3, -0.25) is 9.59 Å². The van der Waals surface area contributed by atoms with E-state index in [1.165, 1.54) is 0 Å². The summed E-state index contributed by atoms with van der Waals surface area (Å²) in [5, 5.41) is 23.0. The second-order valence-corrected chi connectivity index (χ2v) is 11.8. The summed E-state index contributed by atoms with van der Waals surface area (Å²) in [7, 11) is 0. The molecule has 0 heterocycles. The first kappa shape index (κ1) is 21.2. The maximum atomic E-state index is 13.3. The van der Waals surface area contributed by atoms with E-state index < -0.39 is 22.0 Å². The highest BCUT2D eigenvalue weighted by atomic mass is 16.3. The molecule has 0 aliphatic heterocycles. The molecule has 6 atom stereocenters. The normalized spacial score (nSPS) is 45.3. The summed E-state index contributed by atoms with van der Waals surface area (Å²) in [6.45, 7) is 11.5. The number of fused-ring (bicyclic) bond motifs is 2. The van der Waals surface area contributed by atoms with E-state index in [1.54, 1.807) is 13.8 Å². The molecular weight excluding hydrogens is 412 g/mol. The van der Waals surface area contributed by atoms with E-state index in [1.807, 2.05) is 26.0 Å². The topological polar surface area (TPSA) is 74.6 Å². The quantitative estimate of drug-likeness (QED) is 0.659. The van der Waals surface area contributed by atoms with Gasteiger partial charge in [0, 0.05) is 22.0 Å². The molecular formula is C29H32O4. The van der Waals surface area contributed by atoms with Gasteiger partial charge in [0.1, 0.15) is 11.2 Å². The van der Waals surface area contributed by atoms with E-state index in [0.29, 0.717) is 11.1 Å². The van der Waals surface area contributed by atoms with Crippen LogP contribution in [-0.4, -0.2) is 33.0 Å². The zero-order chi connectivity index (χ0) is 23.9. The molecule has 0 aromatic heterocycles. The van der Waals surface area contributed by atoms with Crippen molar-refractivity contribution in [1.29, 1.82) is 0 Å². The number of allylic oxidation sites excluding steroid dienone is 8. The smallest absolute Gasteiger partial charge is 0.195 e. The fraction of sp³-hybridized carbons (Fsp3) is 0.517. The first-order valence-corrected chi connectivity index (χ1v) is 12.1. The monoisotopic (exact) mass is 444 g/mol. The Kier molecular flexibility index (Phi) is 3.76. The molecule has 2 fully saturated rings. The van der Waals surface area contributed by atoms with Gasteiger partial charge in [-0.1, -0.05) is 23.3 Å². The lowest BCUT2D eigenvalue weighted by Crippen LogP contribution is -2.51. The van der Waals surface area contributed by atoms with E-state index in [-0.39, 0.29) is 23.4 Å². The Hall–Kier alpha value is -2.30. The summed E-state index contributed by atoms with van der Waals surface area (Å²) in [4.78, 5) is 26.6. The second kappa shape index (κ2) is 5.84. The third-order valence-corrected chi connectivity index (χ3v) is 10.1. The average molecular weight is 445 g/mol. The Bertz CT molecular complexity index is 1180. The highest BCUT2D eigenvalue weighted by Gasteiger charge is 2.75. The van der Waals surface area contributed by atoms with Crippen molar-refractivity contribution >= 4 is 11.6 Å². The third-order valence-electron chi connectivity index (χ3n) is 10.1. The molecule has 0 saturated heterocycles. The Morgan fingerprint density at radius 3 is 1.45 bits per heavy atom. The Labute approximate surface area is 195 Å². The summed E-state index contributed by atoms with van der Waals surface area (Å²) in [6.07, 6.45) is 10.2. The summed E-state index contributed by atoms with van der Waals surface area (Å²) in [6, 6.07) is 0. The van der Waals surface area contributed by atoms with Crippen LogP contribution in [0.15, 0.2) is 68.9 Å². The standard InChI is InChI=1S/C29H32O4/c1-14-7-20-16(3)28(26(5,32)24(30)22(20)9-14)12-18(28)11-19-13-29(19)17(4)21-8-15(2)10-23(21)25(31)27(29,6)33/h7-10,18-19,32-33H,11-13H2,1-6H3/t18-,19-,26+,27+,28+,29+/m1/s1. The number of hydrogen-bond acceptors (Lipinski definition) is 4. The Morgan fingerprint density at radius 2 is 1.09 bits per heavy atom. The van der Waals surface area contributed by atoms with Crippen molar-refractivity contribution < 1.29 is 19.8 Å². The first-order valence-electron chi connectivity index (χ1n) is 12.1. The molecule has 2 N–H and O–H groups in total. The molecule has 0 radical (unpaired) electrons. The first-order chi connectivity index (χ1) is 15.3. The van der Waals surface area contributed by atoms with Crippen LogP contribution in [0.5, 0.6) is 0 Å². The number of aliphatic hydroxyl groups is 2. The molecule has 6 aliphatic rings. The fourth-order valence-corrected chi connectivity index (χ4v) is 8.12. The molecule has 6 rings (SSSR count). The molecule has 2 spiro atoms. The molecule has 0 aromatic rings. The van der Waals surface area contributed by atoms with Crippen LogP contribution in [0.3, 0.4) is 0 Å². The minimum absolute atomic E-state index is 0.158. The molecule has 0 aromatic carbocycles. The number of ketones is 2. The highest BCUT2D eigenvalue weighted by Crippen LogP contribution is 2.76. The van der Waals surface area contributed by atoms with Crippen LogP contribution in [0.1, 0.15) is 60.8 Å². The maximum absolute atomic E-state index is 13.3. The Balaban J connectivity index is 1.36. The molecule has 33 heavy (non-hydrogen) atoms. The van der Waals surface area contributed by atoms with E-state index in [9.17, 15) is 19.8 Å². The van der Waals surface area contributed by atoms with Crippen LogP contribution in [0, 0.1) is 22.7 Å². The number of hydrogen-bond donors (Lipinski definition) is 2. The van der Waals surface area contributed by atoms with E-state index in [0.717, 1.165) is 52.7 Å². The van der Waals surface area contributed by atoms with Crippen LogP contribution < -0.4 is 0 Å². The molecule has 0 amide bonds. The highest BCUT2D eigenvalue weighted by molar-refractivity contribution is 6.11. The van der Waals surface area contributed by atoms with Crippen LogP contribution in [0.4, 0.5) is 0 Å². The van der Waals surface area contributed by atoms with Gasteiger partial charge < -0.3 is 10.2 Å². The van der Waals surface area contributed by atoms with E-state index in [2.05, 4.69) is 26.0 Å². The van der Waals surface area contributed by atoms with Crippen molar-refractivity contribution in [2.24, 2.45) is 22.7 Å². The minimum atomic E-state index is -1.43.